The molecule has 0 saturated carbocycles. The predicted octanol–water partition coefficient (Wildman–Crippen LogP) is 1.89. The summed E-state index contributed by atoms with van der Waals surface area (Å²) in [6, 6.07) is 0. The Morgan fingerprint density at radius 3 is 2.73 bits per heavy atom. The molecular weight excluding hydrogens is 256 g/mol. The van der Waals surface area contributed by atoms with Gasteiger partial charge >= 0.3 is 78.7 Å². The minimum atomic E-state index is -0.0703. The molecule has 2 nitrogen and oxygen atoms in total. The zero-order valence-corrected chi connectivity index (χ0v) is 9.59. The van der Waals surface area contributed by atoms with Crippen molar-refractivity contribution in [3.8, 4) is 0 Å². The molecule has 0 atom stereocenters. The quantitative estimate of drug-likeness (QED) is 0.419. The third-order valence-electron chi connectivity index (χ3n) is 1.17. The molecule has 0 aliphatic carbocycles. The summed E-state index contributed by atoms with van der Waals surface area (Å²) in [5.41, 5.74) is 0. The zero-order valence-electron chi connectivity index (χ0n) is 7.26. The average Bonchev–Trinajstić information content (AvgIpc) is 1.99. The first-order chi connectivity index (χ1) is 5.31. The molecule has 0 N–H and O–H groups in total. The number of unbranched alkanes of at least 4 members (excludes halogenated alkanes) is 1. The van der Waals surface area contributed by atoms with Crippen LogP contribution in [0.2, 0.25) is 8.94 Å². The molecule has 0 fully saturated rings. The van der Waals surface area contributed by atoms with Crippen molar-refractivity contribution in [2.75, 3.05) is 6.61 Å². The van der Waals surface area contributed by atoms with Gasteiger partial charge in [-0.15, -0.1) is 0 Å². The summed E-state index contributed by atoms with van der Waals surface area (Å²) in [7, 11) is 0. The summed E-state index contributed by atoms with van der Waals surface area (Å²) >= 11 is -0.0703. The summed E-state index contributed by atoms with van der Waals surface area (Å²) in [5.74, 6) is 0.00556. The second-order valence-electron chi connectivity index (χ2n) is 2.21. The van der Waals surface area contributed by atoms with Crippen LogP contribution in [0.3, 0.4) is 0 Å². The number of hydrogen-bond donors (Lipinski definition) is 0. The van der Waals surface area contributed by atoms with E-state index in [1.54, 1.807) is 0 Å². The molecule has 11 heavy (non-hydrogen) atoms. The molecule has 0 unspecified atom stereocenters. The van der Waals surface area contributed by atoms with Gasteiger partial charge in [-0.2, -0.15) is 0 Å². The number of rotatable bonds is 6. The Labute approximate surface area is 78.8 Å². The first-order valence-electron chi connectivity index (χ1n) is 4.04. The standard InChI is InChI=1S/C8H16O2Te/c1-3-5-6-11-7-8(9)10-4-2/h3-7H2,1-2H3. The van der Waals surface area contributed by atoms with Gasteiger partial charge in [-0.25, -0.2) is 0 Å². The average molecular weight is 272 g/mol. The third-order valence-corrected chi connectivity index (χ3v) is 4.07. The van der Waals surface area contributed by atoms with E-state index in [4.69, 9.17) is 4.74 Å². The molecule has 0 aliphatic rings. The molecule has 0 spiro atoms. The predicted molar refractivity (Wildman–Crippen MR) is 46.9 cm³/mol. The van der Waals surface area contributed by atoms with E-state index in [-0.39, 0.29) is 26.9 Å². The summed E-state index contributed by atoms with van der Waals surface area (Å²) in [6.45, 7) is 4.56. The van der Waals surface area contributed by atoms with Crippen molar-refractivity contribution in [1.29, 1.82) is 0 Å². The molecule has 0 aromatic rings. The van der Waals surface area contributed by atoms with Gasteiger partial charge in [0.1, 0.15) is 0 Å². The van der Waals surface area contributed by atoms with Crippen LogP contribution in [0, 0.1) is 0 Å². The first-order valence-corrected chi connectivity index (χ1v) is 7.34. The van der Waals surface area contributed by atoms with E-state index in [0.717, 1.165) is 4.47 Å². The molecule has 0 saturated heterocycles. The van der Waals surface area contributed by atoms with E-state index < -0.39 is 0 Å². The number of ether oxygens (including phenoxy) is 1. The number of esters is 1. The van der Waals surface area contributed by atoms with Crippen LogP contribution in [0.15, 0.2) is 0 Å². The van der Waals surface area contributed by atoms with Gasteiger partial charge in [-0.1, -0.05) is 0 Å². The monoisotopic (exact) mass is 274 g/mol. The molecule has 3 heteroatoms. The minimum absolute atomic E-state index is 0.00556. The van der Waals surface area contributed by atoms with Gasteiger partial charge in [0.05, 0.1) is 0 Å². The second kappa shape index (κ2) is 8.36. The molecule has 0 aliphatic heterocycles. The van der Waals surface area contributed by atoms with Crippen LogP contribution in [0.25, 0.3) is 0 Å². The van der Waals surface area contributed by atoms with Crippen LogP contribution >= 0.6 is 0 Å². The fourth-order valence-electron chi connectivity index (χ4n) is 0.605. The van der Waals surface area contributed by atoms with Gasteiger partial charge in [0.25, 0.3) is 0 Å². The maximum absolute atomic E-state index is 10.8. The van der Waals surface area contributed by atoms with Crippen LogP contribution in [-0.4, -0.2) is 33.5 Å². The molecular formula is C8H16O2Te. The van der Waals surface area contributed by atoms with Gasteiger partial charge in [0.2, 0.25) is 0 Å². The van der Waals surface area contributed by atoms with Gasteiger partial charge in [-0.05, 0) is 0 Å². The van der Waals surface area contributed by atoms with E-state index in [1.807, 2.05) is 6.92 Å². The van der Waals surface area contributed by atoms with Crippen LogP contribution < -0.4 is 0 Å². The third kappa shape index (κ3) is 8.16. The van der Waals surface area contributed by atoms with Gasteiger partial charge in [0, 0.05) is 0 Å². The zero-order chi connectivity index (χ0) is 8.53. The molecule has 0 radical (unpaired) electrons. The maximum atomic E-state index is 10.8. The van der Waals surface area contributed by atoms with Crippen LogP contribution in [0.1, 0.15) is 26.7 Å². The summed E-state index contributed by atoms with van der Waals surface area (Å²) in [6.07, 6.45) is 2.52. The Morgan fingerprint density at radius 1 is 1.45 bits per heavy atom. The topological polar surface area (TPSA) is 26.3 Å². The van der Waals surface area contributed by atoms with E-state index >= 15 is 0 Å². The fourth-order valence-corrected chi connectivity index (χ4v) is 3.14. The van der Waals surface area contributed by atoms with Gasteiger partial charge in [-0.3, -0.25) is 0 Å². The SMILES string of the molecule is CCCC[Te]CC(=O)OCC. The van der Waals surface area contributed by atoms with Crippen molar-refractivity contribution in [2.45, 2.75) is 35.6 Å². The van der Waals surface area contributed by atoms with E-state index in [1.165, 1.54) is 17.3 Å². The van der Waals surface area contributed by atoms with E-state index in [2.05, 4.69) is 6.92 Å². The Bertz CT molecular complexity index is 104. The van der Waals surface area contributed by atoms with Gasteiger partial charge < -0.3 is 0 Å². The fraction of sp³-hybridized carbons (Fsp3) is 0.875. The normalized spacial score (nSPS) is 9.64. The Kier molecular flexibility index (Phi) is 8.55. The van der Waals surface area contributed by atoms with Crippen LogP contribution in [-0.2, 0) is 9.53 Å². The summed E-state index contributed by atoms with van der Waals surface area (Å²) in [5, 5.41) is 0. The Balaban J connectivity index is 3.04. The van der Waals surface area contributed by atoms with Crippen molar-refractivity contribution in [2.24, 2.45) is 0 Å². The first kappa shape index (κ1) is 11.3. The van der Waals surface area contributed by atoms with E-state index in [0.29, 0.717) is 6.61 Å². The number of carbonyl (C=O) groups excluding carboxylic acids is 1. The molecule has 0 heterocycles. The molecule has 0 aromatic carbocycles. The summed E-state index contributed by atoms with van der Waals surface area (Å²) < 4.78 is 6.81. The molecule has 0 rings (SSSR count). The molecule has 0 bridgehead atoms. The molecule has 0 amide bonds. The Hall–Kier alpha value is 0.260. The molecule has 0 aromatic heterocycles. The number of hydrogen-bond acceptors (Lipinski definition) is 2. The second-order valence-corrected chi connectivity index (χ2v) is 5.37. The molecule has 66 valence electrons. The van der Waals surface area contributed by atoms with Crippen LogP contribution in [0.5, 0.6) is 0 Å². The van der Waals surface area contributed by atoms with Crippen molar-refractivity contribution in [3.05, 3.63) is 0 Å². The van der Waals surface area contributed by atoms with Gasteiger partial charge in [0.15, 0.2) is 0 Å². The summed E-state index contributed by atoms with van der Waals surface area (Å²) in [4.78, 5) is 10.8. The number of carbonyl (C=O) groups is 1. The van der Waals surface area contributed by atoms with Crippen molar-refractivity contribution < 1.29 is 9.53 Å². The van der Waals surface area contributed by atoms with Crippen molar-refractivity contribution >= 4 is 26.9 Å². The Morgan fingerprint density at radius 2 is 2.18 bits per heavy atom. The van der Waals surface area contributed by atoms with Crippen LogP contribution in [0.4, 0.5) is 0 Å². The van der Waals surface area contributed by atoms with Crippen molar-refractivity contribution in [3.63, 3.8) is 0 Å². The van der Waals surface area contributed by atoms with Crippen molar-refractivity contribution in [1.82, 2.24) is 0 Å². The van der Waals surface area contributed by atoms with E-state index in [9.17, 15) is 4.79 Å².